The summed E-state index contributed by atoms with van der Waals surface area (Å²) in [5.74, 6) is 0. The van der Waals surface area contributed by atoms with Crippen molar-refractivity contribution < 1.29 is 13.2 Å². The van der Waals surface area contributed by atoms with Gasteiger partial charge in [0, 0.05) is 4.21 Å². The Kier molecular flexibility index (Phi) is 2.69. The molecule has 1 aromatic heterocycles. The van der Waals surface area contributed by atoms with E-state index < -0.39 is 21.1 Å². The second-order valence-electron chi connectivity index (χ2n) is 3.45. The number of hydrogen-bond acceptors (Lipinski definition) is 1. The van der Waals surface area contributed by atoms with E-state index in [1.165, 1.54) is 0 Å². The lowest BCUT2D eigenvalue weighted by atomic mass is 10.5. The molecule has 0 spiro atoms. The van der Waals surface area contributed by atoms with Gasteiger partial charge in [-0.1, -0.05) is 0 Å². The lowest BCUT2D eigenvalue weighted by Crippen LogP contribution is -2.00. The van der Waals surface area contributed by atoms with Crippen LogP contribution in [0.15, 0.2) is 16.3 Å². The third-order valence-electron chi connectivity index (χ3n) is 1.46. The van der Waals surface area contributed by atoms with E-state index in [1.54, 1.807) is 6.07 Å². The van der Waals surface area contributed by atoms with Crippen LogP contribution < -0.4 is 0 Å². The van der Waals surface area contributed by atoms with Crippen molar-refractivity contribution in [1.82, 2.24) is 0 Å². The second kappa shape index (κ2) is 3.20. The highest BCUT2D eigenvalue weighted by atomic mass is 32.3. The topological polar surface area (TPSA) is 0 Å². The molecule has 0 saturated carbocycles. The Labute approximate surface area is 81.1 Å². The van der Waals surface area contributed by atoms with Gasteiger partial charge in [-0.15, -0.1) is 11.3 Å². The van der Waals surface area contributed by atoms with Gasteiger partial charge >= 0.3 is 6.18 Å². The van der Waals surface area contributed by atoms with Gasteiger partial charge in [0.1, 0.15) is 4.88 Å². The highest BCUT2D eigenvalue weighted by Crippen LogP contribution is 2.50. The van der Waals surface area contributed by atoms with Gasteiger partial charge in [-0.3, -0.25) is 0 Å². The summed E-state index contributed by atoms with van der Waals surface area (Å²) < 4.78 is 37.5. The first kappa shape index (κ1) is 10.9. The van der Waals surface area contributed by atoms with Crippen molar-refractivity contribution in [3.05, 3.63) is 17.0 Å². The van der Waals surface area contributed by atoms with Gasteiger partial charge in [0.05, 0.1) is 0 Å². The lowest BCUT2D eigenvalue weighted by molar-refractivity contribution is -0.134. The van der Waals surface area contributed by atoms with Crippen molar-refractivity contribution >= 4 is 21.4 Å². The maximum absolute atomic E-state index is 12.2. The molecule has 1 heterocycles. The van der Waals surface area contributed by atoms with Gasteiger partial charge in [0.2, 0.25) is 0 Å². The van der Waals surface area contributed by atoms with Crippen molar-refractivity contribution in [3.8, 4) is 0 Å². The van der Waals surface area contributed by atoms with Crippen molar-refractivity contribution in [2.24, 2.45) is 0 Å². The third kappa shape index (κ3) is 2.64. The fourth-order valence-corrected chi connectivity index (χ4v) is 3.15. The van der Waals surface area contributed by atoms with Crippen LogP contribution in [0.25, 0.3) is 0 Å². The van der Waals surface area contributed by atoms with Crippen LogP contribution in [0.1, 0.15) is 4.88 Å². The summed E-state index contributed by atoms with van der Waals surface area (Å²) in [5, 5.41) is 0. The molecule has 0 fully saturated rings. The summed E-state index contributed by atoms with van der Waals surface area (Å²) in [5.41, 5.74) is 0. The maximum atomic E-state index is 12.2. The molecular formula is C8H11F3S2. The Hall–Kier alpha value is -0.160. The van der Waals surface area contributed by atoms with E-state index in [0.29, 0.717) is 0 Å². The maximum Gasteiger partial charge on any atom is 0.425 e. The molecule has 0 unspecified atom stereocenters. The highest BCUT2D eigenvalue weighted by molar-refractivity contribution is 8.33. The highest BCUT2D eigenvalue weighted by Gasteiger charge is 2.33. The predicted molar refractivity (Wildman–Crippen MR) is 53.0 cm³/mol. The van der Waals surface area contributed by atoms with Gasteiger partial charge in [-0.05, 0) is 30.9 Å². The number of thiophene rings is 1. The van der Waals surface area contributed by atoms with E-state index in [0.717, 1.165) is 21.6 Å². The molecule has 76 valence electrons. The molecule has 5 heteroatoms. The molecule has 0 saturated heterocycles. The minimum Gasteiger partial charge on any atom is -0.214 e. The van der Waals surface area contributed by atoms with E-state index in [1.807, 2.05) is 18.8 Å². The Morgan fingerprint density at radius 2 is 1.69 bits per heavy atom. The molecule has 13 heavy (non-hydrogen) atoms. The van der Waals surface area contributed by atoms with Crippen molar-refractivity contribution in [2.45, 2.75) is 10.4 Å². The van der Waals surface area contributed by atoms with Gasteiger partial charge in [0.25, 0.3) is 0 Å². The van der Waals surface area contributed by atoms with E-state index in [9.17, 15) is 13.2 Å². The summed E-state index contributed by atoms with van der Waals surface area (Å²) in [6, 6.07) is 2.75. The third-order valence-corrected chi connectivity index (χ3v) is 5.48. The Morgan fingerprint density at radius 3 is 1.92 bits per heavy atom. The van der Waals surface area contributed by atoms with Crippen LogP contribution in [0.2, 0.25) is 0 Å². The number of alkyl halides is 3. The molecule has 0 aromatic carbocycles. The van der Waals surface area contributed by atoms with Crippen LogP contribution in [0, 0.1) is 0 Å². The zero-order valence-electron chi connectivity index (χ0n) is 7.61. The molecule has 0 bridgehead atoms. The standard InChI is InChI=1S/C8H11F3S2/c1-13(2,3)7-5-4-6(12-7)8(9,10)11/h4-5H,1-3H3. The van der Waals surface area contributed by atoms with Crippen LogP contribution in [0.5, 0.6) is 0 Å². The first-order chi connectivity index (χ1) is 5.71. The summed E-state index contributed by atoms with van der Waals surface area (Å²) >= 11 is 0.859. The smallest absolute Gasteiger partial charge is 0.214 e. The zero-order chi connectivity index (χ0) is 10.3. The largest absolute Gasteiger partial charge is 0.425 e. The molecule has 1 aromatic rings. The van der Waals surface area contributed by atoms with Crippen molar-refractivity contribution in [3.63, 3.8) is 0 Å². The monoisotopic (exact) mass is 228 g/mol. The van der Waals surface area contributed by atoms with Crippen LogP contribution >= 0.6 is 21.4 Å². The second-order valence-corrected chi connectivity index (χ2v) is 8.91. The first-order valence-corrected chi connectivity index (χ1v) is 7.24. The Morgan fingerprint density at radius 1 is 1.15 bits per heavy atom. The molecule has 0 radical (unpaired) electrons. The minimum absolute atomic E-state index is 0.495. The Balaban J connectivity index is 3.01. The summed E-state index contributed by atoms with van der Waals surface area (Å²) in [4.78, 5) is -0.495. The van der Waals surface area contributed by atoms with E-state index in [2.05, 4.69) is 0 Å². The SMILES string of the molecule is CS(C)(C)c1ccc(C(F)(F)F)s1. The molecule has 0 N–H and O–H groups in total. The minimum atomic E-state index is -4.19. The predicted octanol–water partition coefficient (Wildman–Crippen LogP) is 3.82. The fourth-order valence-electron chi connectivity index (χ4n) is 0.802. The van der Waals surface area contributed by atoms with Gasteiger partial charge in [-0.2, -0.15) is 13.2 Å². The van der Waals surface area contributed by atoms with Crippen molar-refractivity contribution in [1.29, 1.82) is 0 Å². The molecule has 1 rings (SSSR count). The molecule has 0 amide bonds. The average Bonchev–Trinajstić information content (AvgIpc) is 2.28. The van der Waals surface area contributed by atoms with Crippen LogP contribution in [-0.2, 0) is 6.18 Å². The summed E-state index contributed by atoms with van der Waals surface area (Å²) in [6.45, 7) is 0. The van der Waals surface area contributed by atoms with E-state index in [4.69, 9.17) is 0 Å². The quantitative estimate of drug-likeness (QED) is 0.685. The molecule has 0 aliphatic heterocycles. The Bertz CT molecular complexity index is 265. The summed E-state index contributed by atoms with van der Waals surface area (Å²) in [7, 11) is -1.02. The lowest BCUT2D eigenvalue weighted by Gasteiger charge is -2.22. The number of halogens is 3. The molecular weight excluding hydrogens is 217 g/mol. The van der Waals surface area contributed by atoms with Gasteiger partial charge < -0.3 is 0 Å². The first-order valence-electron chi connectivity index (χ1n) is 3.56. The normalized spacial score (nSPS) is 14.6. The molecule has 0 nitrogen and oxygen atoms in total. The fraction of sp³-hybridized carbons (Fsp3) is 0.500. The van der Waals surface area contributed by atoms with Crippen LogP contribution in [0.3, 0.4) is 0 Å². The average molecular weight is 228 g/mol. The van der Waals surface area contributed by atoms with E-state index in [-0.39, 0.29) is 0 Å². The van der Waals surface area contributed by atoms with Gasteiger partial charge in [0.15, 0.2) is 0 Å². The molecule has 0 atom stereocenters. The molecule has 0 aliphatic carbocycles. The van der Waals surface area contributed by atoms with E-state index >= 15 is 0 Å². The van der Waals surface area contributed by atoms with Crippen LogP contribution in [-0.4, -0.2) is 18.8 Å². The van der Waals surface area contributed by atoms with Crippen LogP contribution in [0.4, 0.5) is 13.2 Å². The summed E-state index contributed by atoms with van der Waals surface area (Å²) in [6.07, 6.45) is 1.77. The van der Waals surface area contributed by atoms with Crippen molar-refractivity contribution in [2.75, 3.05) is 18.8 Å². The molecule has 0 aliphatic rings. The number of rotatable bonds is 1. The van der Waals surface area contributed by atoms with Gasteiger partial charge in [-0.25, -0.2) is 10.0 Å². The zero-order valence-corrected chi connectivity index (χ0v) is 9.24. The number of hydrogen-bond donors (Lipinski definition) is 0.